The molecule has 7 heteroatoms. The first-order chi connectivity index (χ1) is 11.6. The Morgan fingerprint density at radius 2 is 1.88 bits per heavy atom. The van der Waals surface area contributed by atoms with Crippen LogP contribution < -0.4 is 10.1 Å². The summed E-state index contributed by atoms with van der Waals surface area (Å²) in [7, 11) is 0. The minimum Gasteiger partial charge on any atom is -0.492 e. The Hall–Kier alpha value is -3.09. The molecule has 1 amide bonds. The summed E-state index contributed by atoms with van der Waals surface area (Å²) in [5.41, 5.74) is 0.447. The van der Waals surface area contributed by atoms with Crippen molar-refractivity contribution in [3.8, 4) is 5.75 Å². The van der Waals surface area contributed by atoms with Crippen LogP contribution in [0.2, 0.25) is 0 Å². The monoisotopic (exact) mass is 333 g/mol. The van der Waals surface area contributed by atoms with Crippen molar-refractivity contribution in [2.24, 2.45) is 0 Å². The molecule has 0 atom stereocenters. The molecule has 0 heterocycles. The lowest BCUT2D eigenvalue weighted by Gasteiger charge is -2.09. The van der Waals surface area contributed by atoms with E-state index >= 15 is 0 Å². The number of ether oxygens (including phenoxy) is 2. The Morgan fingerprint density at radius 1 is 1.12 bits per heavy atom. The predicted octanol–water partition coefficient (Wildman–Crippen LogP) is 2.83. The predicted molar refractivity (Wildman–Crippen MR) is 83.5 cm³/mol. The number of rotatable bonds is 7. The Bertz CT molecular complexity index is 705. The van der Waals surface area contributed by atoms with Crippen LogP contribution in [0.3, 0.4) is 0 Å². The first kappa shape index (κ1) is 17.3. The van der Waals surface area contributed by atoms with E-state index in [9.17, 15) is 14.0 Å². The van der Waals surface area contributed by atoms with Gasteiger partial charge in [-0.1, -0.05) is 30.3 Å². The number of amides is 1. The van der Waals surface area contributed by atoms with Crippen LogP contribution in [0.15, 0.2) is 48.5 Å². The average Bonchev–Trinajstić information content (AvgIpc) is 2.57. The molecule has 24 heavy (non-hydrogen) atoms. The Balaban J connectivity index is 1.68. The SMILES string of the molecule is O=C(NCCOc1ccc(C(=O)O)c(F)c1)OCc1ccccc1. The summed E-state index contributed by atoms with van der Waals surface area (Å²) in [6, 6.07) is 12.7. The molecule has 2 rings (SSSR count). The van der Waals surface area contributed by atoms with Gasteiger partial charge < -0.3 is 19.9 Å². The van der Waals surface area contributed by atoms with Gasteiger partial charge in [0.25, 0.3) is 0 Å². The molecule has 0 radical (unpaired) electrons. The van der Waals surface area contributed by atoms with Crippen LogP contribution in [-0.4, -0.2) is 30.3 Å². The van der Waals surface area contributed by atoms with E-state index < -0.39 is 23.4 Å². The third kappa shape index (κ3) is 5.28. The van der Waals surface area contributed by atoms with E-state index in [0.29, 0.717) is 0 Å². The second-order valence-corrected chi connectivity index (χ2v) is 4.78. The van der Waals surface area contributed by atoms with Crippen molar-refractivity contribution in [1.82, 2.24) is 5.32 Å². The summed E-state index contributed by atoms with van der Waals surface area (Å²) in [5.74, 6) is -2.05. The maximum atomic E-state index is 13.4. The van der Waals surface area contributed by atoms with E-state index in [4.69, 9.17) is 14.6 Å². The lowest BCUT2D eigenvalue weighted by Crippen LogP contribution is -2.28. The van der Waals surface area contributed by atoms with Crippen LogP contribution in [0.25, 0.3) is 0 Å². The molecule has 0 unspecified atom stereocenters. The molecule has 0 aromatic heterocycles. The highest BCUT2D eigenvalue weighted by Crippen LogP contribution is 2.16. The maximum Gasteiger partial charge on any atom is 0.407 e. The van der Waals surface area contributed by atoms with E-state index in [0.717, 1.165) is 17.7 Å². The first-order valence-corrected chi connectivity index (χ1v) is 7.16. The number of nitrogens with one attached hydrogen (secondary N) is 1. The molecule has 2 N–H and O–H groups in total. The van der Waals surface area contributed by atoms with Crippen molar-refractivity contribution in [1.29, 1.82) is 0 Å². The third-order valence-corrected chi connectivity index (χ3v) is 3.02. The molecular weight excluding hydrogens is 317 g/mol. The molecule has 0 saturated heterocycles. The minimum absolute atomic E-state index is 0.0896. The van der Waals surface area contributed by atoms with Crippen LogP contribution in [0.4, 0.5) is 9.18 Å². The zero-order valence-electron chi connectivity index (χ0n) is 12.7. The Morgan fingerprint density at radius 3 is 2.54 bits per heavy atom. The normalized spacial score (nSPS) is 10.0. The summed E-state index contributed by atoms with van der Waals surface area (Å²) in [6.07, 6.45) is -0.588. The number of hydrogen-bond acceptors (Lipinski definition) is 4. The zero-order chi connectivity index (χ0) is 17.4. The fourth-order valence-corrected chi connectivity index (χ4v) is 1.86. The highest BCUT2D eigenvalue weighted by molar-refractivity contribution is 5.88. The van der Waals surface area contributed by atoms with Crippen LogP contribution in [0.5, 0.6) is 5.75 Å². The molecule has 0 fully saturated rings. The molecule has 0 spiro atoms. The van der Waals surface area contributed by atoms with Crippen LogP contribution in [0, 0.1) is 5.82 Å². The second-order valence-electron chi connectivity index (χ2n) is 4.78. The van der Waals surface area contributed by atoms with Gasteiger partial charge in [-0.3, -0.25) is 0 Å². The molecule has 2 aromatic carbocycles. The number of aromatic carboxylic acids is 1. The molecule has 0 aliphatic heterocycles. The lowest BCUT2D eigenvalue weighted by molar-refractivity contribution is 0.0691. The lowest BCUT2D eigenvalue weighted by atomic mass is 10.2. The number of carbonyl (C=O) groups excluding carboxylic acids is 1. The number of benzene rings is 2. The van der Waals surface area contributed by atoms with Gasteiger partial charge in [-0.25, -0.2) is 14.0 Å². The molecule has 0 bridgehead atoms. The van der Waals surface area contributed by atoms with Crippen LogP contribution in [0.1, 0.15) is 15.9 Å². The highest BCUT2D eigenvalue weighted by atomic mass is 19.1. The minimum atomic E-state index is -1.35. The van der Waals surface area contributed by atoms with Gasteiger partial charge >= 0.3 is 12.1 Å². The van der Waals surface area contributed by atoms with E-state index in [1.807, 2.05) is 30.3 Å². The number of carboxylic acids is 1. The fraction of sp³-hybridized carbons (Fsp3) is 0.176. The van der Waals surface area contributed by atoms with Gasteiger partial charge in [0.1, 0.15) is 24.8 Å². The van der Waals surface area contributed by atoms with Gasteiger partial charge in [-0.15, -0.1) is 0 Å². The number of alkyl carbamates (subject to hydrolysis) is 1. The van der Waals surface area contributed by atoms with Gasteiger partial charge in [-0.05, 0) is 17.7 Å². The second kappa shape index (κ2) is 8.52. The van der Waals surface area contributed by atoms with Crippen LogP contribution >= 0.6 is 0 Å². The number of carbonyl (C=O) groups is 2. The Kier molecular flexibility index (Phi) is 6.13. The van der Waals surface area contributed by atoms with Gasteiger partial charge in [0.05, 0.1) is 12.1 Å². The van der Waals surface area contributed by atoms with E-state index in [-0.39, 0.29) is 25.5 Å². The van der Waals surface area contributed by atoms with Crippen molar-refractivity contribution in [3.05, 3.63) is 65.5 Å². The molecule has 126 valence electrons. The smallest absolute Gasteiger partial charge is 0.407 e. The quantitative estimate of drug-likeness (QED) is 0.761. The zero-order valence-corrected chi connectivity index (χ0v) is 12.7. The number of halogens is 1. The third-order valence-electron chi connectivity index (χ3n) is 3.02. The van der Waals surface area contributed by atoms with Crippen molar-refractivity contribution >= 4 is 12.1 Å². The molecular formula is C17H16FNO5. The fourth-order valence-electron chi connectivity index (χ4n) is 1.86. The molecule has 2 aromatic rings. The summed E-state index contributed by atoms with van der Waals surface area (Å²) in [5, 5.41) is 11.2. The summed E-state index contributed by atoms with van der Waals surface area (Å²) >= 11 is 0. The average molecular weight is 333 g/mol. The Labute approximate surface area is 137 Å². The topological polar surface area (TPSA) is 84.9 Å². The van der Waals surface area contributed by atoms with E-state index in [1.54, 1.807) is 0 Å². The van der Waals surface area contributed by atoms with Crippen molar-refractivity contribution in [3.63, 3.8) is 0 Å². The summed E-state index contributed by atoms with van der Waals surface area (Å²) in [4.78, 5) is 22.2. The highest BCUT2D eigenvalue weighted by Gasteiger charge is 2.10. The van der Waals surface area contributed by atoms with Crippen molar-refractivity contribution in [2.45, 2.75) is 6.61 Å². The maximum absolute atomic E-state index is 13.4. The first-order valence-electron chi connectivity index (χ1n) is 7.16. The van der Waals surface area contributed by atoms with E-state index in [1.165, 1.54) is 6.07 Å². The molecule has 0 saturated carbocycles. The molecule has 6 nitrogen and oxygen atoms in total. The summed E-state index contributed by atoms with van der Waals surface area (Å²) < 4.78 is 23.7. The summed E-state index contributed by atoms with van der Waals surface area (Å²) in [6.45, 7) is 0.414. The van der Waals surface area contributed by atoms with Gasteiger partial charge in [-0.2, -0.15) is 0 Å². The molecule has 0 aliphatic carbocycles. The van der Waals surface area contributed by atoms with E-state index in [2.05, 4.69) is 5.32 Å². The molecule has 0 aliphatic rings. The van der Waals surface area contributed by atoms with Gasteiger partial charge in [0, 0.05) is 6.07 Å². The van der Waals surface area contributed by atoms with Crippen molar-refractivity contribution < 1.29 is 28.6 Å². The largest absolute Gasteiger partial charge is 0.492 e. The standard InChI is InChI=1S/C17H16FNO5/c18-15-10-13(6-7-14(15)16(20)21)23-9-8-19-17(22)24-11-12-4-2-1-3-5-12/h1-7,10H,8-9,11H2,(H,19,22)(H,20,21). The number of hydrogen-bond donors (Lipinski definition) is 2. The van der Waals surface area contributed by atoms with Gasteiger partial charge in [0.2, 0.25) is 0 Å². The van der Waals surface area contributed by atoms with Crippen molar-refractivity contribution in [2.75, 3.05) is 13.2 Å². The number of carboxylic acid groups (broad SMARTS) is 1. The van der Waals surface area contributed by atoms with Crippen LogP contribution in [-0.2, 0) is 11.3 Å². The van der Waals surface area contributed by atoms with Gasteiger partial charge in [0.15, 0.2) is 0 Å².